The molecule has 2 rings (SSSR count). The molecule has 1 aromatic heterocycles. The highest BCUT2D eigenvalue weighted by atomic mass is 19.1. The molecule has 0 unspecified atom stereocenters. The van der Waals surface area contributed by atoms with Crippen LogP contribution in [0.3, 0.4) is 0 Å². The molecule has 3 N–H and O–H groups in total. The van der Waals surface area contributed by atoms with Crippen molar-refractivity contribution in [3.63, 3.8) is 0 Å². The summed E-state index contributed by atoms with van der Waals surface area (Å²) in [5.41, 5.74) is 1.86. The number of rotatable bonds is 4. The minimum absolute atomic E-state index is 0.0963. The number of amides is 2. The van der Waals surface area contributed by atoms with Crippen LogP contribution in [0.15, 0.2) is 24.3 Å². The van der Waals surface area contributed by atoms with E-state index in [9.17, 15) is 14.0 Å². The second-order valence-corrected chi connectivity index (χ2v) is 4.52. The molecule has 6 nitrogen and oxygen atoms in total. The van der Waals surface area contributed by atoms with Crippen molar-refractivity contribution < 1.29 is 14.0 Å². The zero-order chi connectivity index (χ0) is 15.4. The van der Waals surface area contributed by atoms with Crippen molar-refractivity contribution in [2.24, 2.45) is 0 Å². The van der Waals surface area contributed by atoms with Gasteiger partial charge >= 0.3 is 0 Å². The Morgan fingerprint density at radius 2 is 2.00 bits per heavy atom. The van der Waals surface area contributed by atoms with Crippen LogP contribution in [-0.4, -0.2) is 28.6 Å². The molecular weight excluding hydrogens is 275 g/mol. The molecule has 0 saturated carbocycles. The zero-order valence-corrected chi connectivity index (χ0v) is 11.7. The van der Waals surface area contributed by atoms with E-state index in [4.69, 9.17) is 0 Å². The first kappa shape index (κ1) is 14.7. The number of anilines is 1. The van der Waals surface area contributed by atoms with Gasteiger partial charge in [0.25, 0.3) is 5.91 Å². The first-order chi connectivity index (χ1) is 9.99. The average molecular weight is 290 g/mol. The minimum atomic E-state index is -0.635. The van der Waals surface area contributed by atoms with Gasteiger partial charge < -0.3 is 10.6 Å². The van der Waals surface area contributed by atoms with Gasteiger partial charge in [-0.05, 0) is 26.0 Å². The Hall–Kier alpha value is -2.70. The van der Waals surface area contributed by atoms with E-state index < -0.39 is 17.6 Å². The van der Waals surface area contributed by atoms with Crippen LogP contribution in [0, 0.1) is 19.7 Å². The monoisotopic (exact) mass is 290 g/mol. The van der Waals surface area contributed by atoms with E-state index in [-0.39, 0.29) is 12.1 Å². The maximum Gasteiger partial charge on any atom is 0.254 e. The van der Waals surface area contributed by atoms with Crippen molar-refractivity contribution in [3.05, 3.63) is 47.0 Å². The Labute approximate surface area is 120 Å². The van der Waals surface area contributed by atoms with Gasteiger partial charge in [-0.2, -0.15) is 5.10 Å². The molecule has 2 amide bonds. The van der Waals surface area contributed by atoms with Crippen LogP contribution >= 0.6 is 0 Å². The molecule has 0 spiro atoms. The number of aromatic amines is 1. The second kappa shape index (κ2) is 6.17. The van der Waals surface area contributed by atoms with Crippen molar-refractivity contribution in [3.8, 4) is 0 Å². The van der Waals surface area contributed by atoms with Gasteiger partial charge in [-0.15, -0.1) is 0 Å². The van der Waals surface area contributed by atoms with Gasteiger partial charge in [0.05, 0.1) is 29.2 Å². The molecule has 0 radical (unpaired) electrons. The van der Waals surface area contributed by atoms with E-state index >= 15 is 0 Å². The van der Waals surface area contributed by atoms with Gasteiger partial charge in [-0.3, -0.25) is 14.7 Å². The highest BCUT2D eigenvalue weighted by Gasteiger charge is 2.14. The summed E-state index contributed by atoms with van der Waals surface area (Å²) in [5, 5.41) is 11.7. The van der Waals surface area contributed by atoms with E-state index in [0.29, 0.717) is 11.4 Å². The van der Waals surface area contributed by atoms with Crippen molar-refractivity contribution in [2.75, 3.05) is 11.9 Å². The number of carbonyl (C=O) groups is 2. The Kier molecular flexibility index (Phi) is 4.32. The van der Waals surface area contributed by atoms with Crippen molar-refractivity contribution >= 4 is 17.5 Å². The molecule has 0 atom stereocenters. The third-order valence-electron chi connectivity index (χ3n) is 2.92. The second-order valence-electron chi connectivity index (χ2n) is 4.52. The normalized spacial score (nSPS) is 10.2. The molecule has 0 aliphatic heterocycles. The number of benzene rings is 1. The maximum atomic E-state index is 13.4. The molecule has 0 aliphatic carbocycles. The maximum absolute atomic E-state index is 13.4. The van der Waals surface area contributed by atoms with Gasteiger partial charge in [0.2, 0.25) is 5.91 Å². The van der Waals surface area contributed by atoms with Gasteiger partial charge in [0.15, 0.2) is 0 Å². The average Bonchev–Trinajstić information content (AvgIpc) is 2.77. The van der Waals surface area contributed by atoms with Crippen LogP contribution in [0.4, 0.5) is 10.1 Å². The fourth-order valence-corrected chi connectivity index (χ4v) is 1.82. The molecule has 0 bridgehead atoms. The lowest BCUT2D eigenvalue weighted by molar-refractivity contribution is -0.115. The number of hydrogen-bond acceptors (Lipinski definition) is 3. The van der Waals surface area contributed by atoms with E-state index in [1.54, 1.807) is 19.9 Å². The van der Waals surface area contributed by atoms with Crippen LogP contribution in [0.25, 0.3) is 0 Å². The lowest BCUT2D eigenvalue weighted by Gasteiger charge is -2.07. The van der Waals surface area contributed by atoms with E-state index in [0.717, 1.165) is 5.69 Å². The Morgan fingerprint density at radius 1 is 1.29 bits per heavy atom. The summed E-state index contributed by atoms with van der Waals surface area (Å²) in [6.45, 7) is 3.27. The molecule has 110 valence electrons. The molecule has 0 fully saturated rings. The summed E-state index contributed by atoms with van der Waals surface area (Å²) in [5.74, 6) is -1.67. The number of aromatic nitrogens is 2. The highest BCUT2D eigenvalue weighted by molar-refractivity contribution is 5.99. The Balaban J connectivity index is 1.93. The lowest BCUT2D eigenvalue weighted by atomic mass is 10.2. The molecule has 1 aromatic carbocycles. The standard InChI is InChI=1S/C14H15FN4O2/c1-8-13(9(2)19-18-8)17-12(20)7-16-14(21)10-5-3-4-6-11(10)15/h3-6H,7H2,1-2H3,(H,16,21)(H,17,20)(H,18,19). The summed E-state index contributed by atoms with van der Waals surface area (Å²) in [6, 6.07) is 5.58. The zero-order valence-electron chi connectivity index (χ0n) is 11.7. The van der Waals surface area contributed by atoms with Crippen LogP contribution in [-0.2, 0) is 4.79 Å². The minimum Gasteiger partial charge on any atom is -0.343 e. The summed E-state index contributed by atoms with van der Waals surface area (Å²) < 4.78 is 13.4. The smallest absolute Gasteiger partial charge is 0.254 e. The predicted octanol–water partition coefficient (Wildman–Crippen LogP) is 1.53. The van der Waals surface area contributed by atoms with Crippen molar-refractivity contribution in [2.45, 2.75) is 13.8 Å². The number of aryl methyl sites for hydroxylation is 2. The highest BCUT2D eigenvalue weighted by Crippen LogP contribution is 2.15. The SMILES string of the molecule is Cc1n[nH]c(C)c1NC(=O)CNC(=O)c1ccccc1F. The number of nitrogens with zero attached hydrogens (tertiary/aromatic N) is 1. The first-order valence-corrected chi connectivity index (χ1v) is 6.33. The van der Waals surface area contributed by atoms with Crippen LogP contribution in [0.5, 0.6) is 0 Å². The number of halogens is 1. The summed E-state index contributed by atoms with van der Waals surface area (Å²) in [4.78, 5) is 23.5. The molecule has 0 saturated heterocycles. The van der Waals surface area contributed by atoms with Gasteiger partial charge in [0.1, 0.15) is 5.82 Å². The largest absolute Gasteiger partial charge is 0.343 e. The molecule has 0 aliphatic rings. The number of H-pyrrole nitrogens is 1. The Bertz CT molecular complexity index is 662. The number of hydrogen-bond donors (Lipinski definition) is 3. The fourth-order valence-electron chi connectivity index (χ4n) is 1.82. The summed E-state index contributed by atoms with van der Waals surface area (Å²) >= 11 is 0. The van der Waals surface area contributed by atoms with Crippen molar-refractivity contribution in [1.29, 1.82) is 0 Å². The van der Waals surface area contributed by atoms with E-state index in [2.05, 4.69) is 20.8 Å². The molecule has 7 heteroatoms. The molecular formula is C14H15FN4O2. The topological polar surface area (TPSA) is 86.9 Å². The molecule has 1 heterocycles. The van der Waals surface area contributed by atoms with Crippen LogP contribution in [0.1, 0.15) is 21.7 Å². The van der Waals surface area contributed by atoms with Crippen LogP contribution in [0.2, 0.25) is 0 Å². The van der Waals surface area contributed by atoms with Crippen LogP contribution < -0.4 is 10.6 Å². The number of nitrogens with one attached hydrogen (secondary N) is 3. The summed E-state index contributed by atoms with van der Waals surface area (Å²) in [7, 11) is 0. The first-order valence-electron chi connectivity index (χ1n) is 6.33. The van der Waals surface area contributed by atoms with Gasteiger partial charge in [-0.1, -0.05) is 12.1 Å². The van der Waals surface area contributed by atoms with Crippen molar-refractivity contribution in [1.82, 2.24) is 15.5 Å². The Morgan fingerprint density at radius 3 is 2.62 bits per heavy atom. The number of carbonyl (C=O) groups excluding carboxylic acids is 2. The molecule has 2 aromatic rings. The lowest BCUT2D eigenvalue weighted by Crippen LogP contribution is -2.33. The van der Waals surface area contributed by atoms with Gasteiger partial charge in [-0.25, -0.2) is 4.39 Å². The third-order valence-corrected chi connectivity index (χ3v) is 2.92. The predicted molar refractivity (Wildman–Crippen MR) is 75.4 cm³/mol. The van der Waals surface area contributed by atoms with Gasteiger partial charge in [0, 0.05) is 0 Å². The fraction of sp³-hybridized carbons (Fsp3) is 0.214. The van der Waals surface area contributed by atoms with E-state index in [1.807, 2.05) is 0 Å². The quantitative estimate of drug-likeness (QED) is 0.798. The third kappa shape index (κ3) is 3.44. The molecule has 21 heavy (non-hydrogen) atoms. The van der Waals surface area contributed by atoms with E-state index in [1.165, 1.54) is 18.2 Å². The summed E-state index contributed by atoms with van der Waals surface area (Å²) in [6.07, 6.45) is 0.